The van der Waals surface area contributed by atoms with Crippen LogP contribution >= 0.6 is 0 Å². The van der Waals surface area contributed by atoms with E-state index in [2.05, 4.69) is 87.5 Å². The van der Waals surface area contributed by atoms with E-state index in [1.165, 1.54) is 38.6 Å². The van der Waals surface area contributed by atoms with Crippen molar-refractivity contribution in [3.05, 3.63) is 89.6 Å². The fraction of sp³-hybridized carbons (Fsp3) is 0.222. The van der Waals surface area contributed by atoms with Gasteiger partial charge in [0.05, 0.1) is 0 Å². The summed E-state index contributed by atoms with van der Waals surface area (Å²) < 4.78 is 0. The molecule has 0 bridgehead atoms. The summed E-state index contributed by atoms with van der Waals surface area (Å²) in [5.41, 5.74) is 9.04. The standard InChI is InChI=1S/C27H24N.Ir/c1-4-27(5-2)24-13-9-8-12-22(24)23-15-14-19(16-25(23)27)26-18(3)21-11-7-6-10-20(21)17-28-26;/h6-13,15-17H,4-5H2,1-3H3;/q-1;. The minimum absolute atomic E-state index is 0. The minimum atomic E-state index is 0. The summed E-state index contributed by atoms with van der Waals surface area (Å²) in [4.78, 5) is 4.82. The van der Waals surface area contributed by atoms with Gasteiger partial charge in [-0.1, -0.05) is 79.1 Å². The average molecular weight is 555 g/mol. The summed E-state index contributed by atoms with van der Waals surface area (Å²) in [7, 11) is 0. The molecule has 0 spiro atoms. The molecule has 0 unspecified atom stereocenters. The second kappa shape index (κ2) is 7.52. The molecule has 1 radical (unpaired) electrons. The molecule has 1 nitrogen and oxygen atoms in total. The van der Waals surface area contributed by atoms with E-state index in [1.54, 1.807) is 0 Å². The van der Waals surface area contributed by atoms with E-state index < -0.39 is 0 Å². The van der Waals surface area contributed by atoms with Crippen LogP contribution in [0.3, 0.4) is 0 Å². The smallest absolute Gasteiger partial charge is 0.0239 e. The molecule has 29 heavy (non-hydrogen) atoms. The van der Waals surface area contributed by atoms with Crippen molar-refractivity contribution in [1.29, 1.82) is 0 Å². The molecule has 1 heterocycles. The van der Waals surface area contributed by atoms with Crippen LogP contribution in [0.4, 0.5) is 0 Å². The van der Waals surface area contributed by atoms with Gasteiger partial charge in [-0.25, -0.2) is 0 Å². The SMILES string of the molecule is CCC1(CC)c2ccccc2-c2c[c-]c(-c3ncc4ccccc4c3C)cc21.[Ir]. The van der Waals surface area contributed by atoms with E-state index in [1.807, 2.05) is 6.20 Å². The predicted octanol–water partition coefficient (Wildman–Crippen LogP) is 7.09. The fourth-order valence-electron chi connectivity index (χ4n) is 5.12. The van der Waals surface area contributed by atoms with Crippen LogP contribution in [0.15, 0.2) is 66.9 Å². The third kappa shape index (κ3) is 2.81. The summed E-state index contributed by atoms with van der Waals surface area (Å²) >= 11 is 0. The summed E-state index contributed by atoms with van der Waals surface area (Å²) in [6, 6.07) is 25.5. The van der Waals surface area contributed by atoms with Gasteiger partial charge in [-0.05, 0) is 41.8 Å². The van der Waals surface area contributed by atoms with E-state index >= 15 is 0 Å². The second-order valence-corrected chi connectivity index (χ2v) is 7.83. The first-order valence-corrected chi connectivity index (χ1v) is 10.2. The Bertz CT molecular complexity index is 1200. The van der Waals surface area contributed by atoms with Crippen LogP contribution in [-0.4, -0.2) is 4.98 Å². The molecule has 1 aliphatic rings. The van der Waals surface area contributed by atoms with Gasteiger partial charge in [0.15, 0.2) is 0 Å². The molecular formula is C27H24IrN-. The molecule has 0 fully saturated rings. The zero-order valence-corrected chi connectivity index (χ0v) is 19.4. The largest absolute Gasteiger partial charge is 0.304 e. The molecule has 0 saturated carbocycles. The molecule has 0 N–H and O–H groups in total. The van der Waals surface area contributed by atoms with Gasteiger partial charge in [0, 0.05) is 31.7 Å². The Morgan fingerprint density at radius 3 is 2.41 bits per heavy atom. The van der Waals surface area contributed by atoms with Gasteiger partial charge in [-0.15, -0.1) is 29.3 Å². The van der Waals surface area contributed by atoms with Crippen molar-refractivity contribution in [3.8, 4) is 22.4 Å². The van der Waals surface area contributed by atoms with Gasteiger partial charge in [-0.3, -0.25) is 0 Å². The molecule has 0 aliphatic heterocycles. The number of hydrogen-bond acceptors (Lipinski definition) is 1. The molecule has 4 aromatic rings. The second-order valence-electron chi connectivity index (χ2n) is 7.83. The van der Waals surface area contributed by atoms with Gasteiger partial charge < -0.3 is 4.98 Å². The number of rotatable bonds is 3. The van der Waals surface area contributed by atoms with Crippen LogP contribution in [-0.2, 0) is 25.5 Å². The van der Waals surface area contributed by atoms with Crippen molar-refractivity contribution in [1.82, 2.24) is 4.98 Å². The van der Waals surface area contributed by atoms with Crippen LogP contribution in [0.5, 0.6) is 0 Å². The first-order valence-electron chi connectivity index (χ1n) is 10.2. The van der Waals surface area contributed by atoms with Crippen molar-refractivity contribution in [2.45, 2.75) is 39.0 Å². The molecule has 3 aromatic carbocycles. The summed E-state index contributed by atoms with van der Waals surface area (Å²) in [6.07, 6.45) is 4.18. The monoisotopic (exact) mass is 555 g/mol. The van der Waals surface area contributed by atoms with E-state index in [-0.39, 0.29) is 25.5 Å². The summed E-state index contributed by atoms with van der Waals surface area (Å²) in [5, 5.41) is 2.45. The quantitative estimate of drug-likeness (QED) is 0.246. The van der Waals surface area contributed by atoms with Crippen molar-refractivity contribution >= 4 is 10.8 Å². The van der Waals surface area contributed by atoms with Crippen LogP contribution in [0.25, 0.3) is 33.2 Å². The number of pyridine rings is 1. The van der Waals surface area contributed by atoms with Gasteiger partial charge in [-0.2, -0.15) is 0 Å². The number of hydrogen-bond donors (Lipinski definition) is 0. The number of nitrogens with zero attached hydrogens (tertiary/aromatic N) is 1. The van der Waals surface area contributed by atoms with Crippen molar-refractivity contribution in [2.75, 3.05) is 0 Å². The van der Waals surface area contributed by atoms with E-state index in [0.717, 1.165) is 24.1 Å². The molecule has 147 valence electrons. The minimum Gasteiger partial charge on any atom is -0.304 e. The van der Waals surface area contributed by atoms with E-state index in [9.17, 15) is 0 Å². The third-order valence-electron chi connectivity index (χ3n) is 6.71. The molecule has 5 rings (SSSR count). The van der Waals surface area contributed by atoms with Crippen LogP contribution < -0.4 is 0 Å². The zero-order valence-electron chi connectivity index (χ0n) is 17.0. The summed E-state index contributed by atoms with van der Waals surface area (Å²) in [6.45, 7) is 6.80. The van der Waals surface area contributed by atoms with Crippen LogP contribution in [0, 0.1) is 13.0 Å². The molecule has 1 aliphatic carbocycles. The Morgan fingerprint density at radius 1 is 0.897 bits per heavy atom. The van der Waals surface area contributed by atoms with Crippen molar-refractivity contribution in [2.24, 2.45) is 0 Å². The zero-order chi connectivity index (χ0) is 19.3. The van der Waals surface area contributed by atoms with Gasteiger partial charge in [0.25, 0.3) is 0 Å². The first kappa shape index (κ1) is 20.0. The molecule has 0 atom stereocenters. The molecular weight excluding hydrogens is 531 g/mol. The van der Waals surface area contributed by atoms with Crippen molar-refractivity contribution < 1.29 is 20.1 Å². The number of fused-ring (bicyclic) bond motifs is 4. The Kier molecular flexibility index (Phi) is 5.19. The topological polar surface area (TPSA) is 12.9 Å². The molecule has 2 heteroatoms. The first-order chi connectivity index (χ1) is 13.7. The molecule has 0 saturated heterocycles. The van der Waals surface area contributed by atoms with Crippen LogP contribution in [0.1, 0.15) is 43.4 Å². The molecule has 0 amide bonds. The number of aryl methyl sites for hydroxylation is 1. The third-order valence-corrected chi connectivity index (χ3v) is 6.71. The number of aromatic nitrogens is 1. The molecule has 1 aromatic heterocycles. The Labute approximate surface area is 186 Å². The maximum absolute atomic E-state index is 4.82. The fourth-order valence-corrected chi connectivity index (χ4v) is 5.12. The van der Waals surface area contributed by atoms with Crippen molar-refractivity contribution in [3.63, 3.8) is 0 Å². The van der Waals surface area contributed by atoms with Gasteiger partial charge >= 0.3 is 0 Å². The Morgan fingerprint density at radius 2 is 1.62 bits per heavy atom. The number of benzene rings is 3. The summed E-state index contributed by atoms with van der Waals surface area (Å²) in [5.74, 6) is 0. The normalized spacial score (nSPS) is 13.6. The van der Waals surface area contributed by atoms with Gasteiger partial charge in [0.1, 0.15) is 0 Å². The predicted molar refractivity (Wildman–Crippen MR) is 118 cm³/mol. The van der Waals surface area contributed by atoms with E-state index in [0.29, 0.717) is 0 Å². The Balaban J connectivity index is 0.00000205. The maximum Gasteiger partial charge on any atom is 0.0239 e. The average Bonchev–Trinajstić information content (AvgIpc) is 3.04. The van der Waals surface area contributed by atoms with Crippen LogP contribution in [0.2, 0.25) is 0 Å². The van der Waals surface area contributed by atoms with Gasteiger partial charge in [0.2, 0.25) is 0 Å². The Hall–Kier alpha value is -2.28. The van der Waals surface area contributed by atoms with E-state index in [4.69, 9.17) is 4.98 Å². The maximum atomic E-state index is 4.82.